The van der Waals surface area contributed by atoms with Crippen LogP contribution in [-0.2, 0) is 12.8 Å². The van der Waals surface area contributed by atoms with E-state index >= 15 is 0 Å². The molecule has 126 valence electrons. The summed E-state index contributed by atoms with van der Waals surface area (Å²) < 4.78 is 5.57. The number of nitrogens with zero attached hydrogens (tertiary/aromatic N) is 2. The molecule has 1 saturated heterocycles. The van der Waals surface area contributed by atoms with Gasteiger partial charge < -0.3 is 15.0 Å². The largest absolute Gasteiger partial charge is 0.493 e. The van der Waals surface area contributed by atoms with E-state index in [1.165, 1.54) is 24.0 Å². The number of aliphatic imine (C=N–C) groups is 1. The number of piperidine rings is 1. The summed E-state index contributed by atoms with van der Waals surface area (Å²) in [5.41, 5.74) is 2.71. The third kappa shape index (κ3) is 4.18. The molecule has 23 heavy (non-hydrogen) atoms. The Bertz CT molecular complexity index is 556. The smallest absolute Gasteiger partial charge is 0.193 e. The Kier molecular flexibility index (Phi) is 5.42. The summed E-state index contributed by atoms with van der Waals surface area (Å²) in [5.74, 6) is 2.92. The number of benzene rings is 1. The predicted molar refractivity (Wildman–Crippen MR) is 95.3 cm³/mol. The van der Waals surface area contributed by atoms with Crippen LogP contribution in [0.1, 0.15) is 37.8 Å². The number of hydrogen-bond donors (Lipinski definition) is 1. The number of guanidine groups is 1. The van der Waals surface area contributed by atoms with Gasteiger partial charge in [-0.1, -0.05) is 19.1 Å². The first kappa shape index (κ1) is 16.2. The van der Waals surface area contributed by atoms with E-state index in [1.807, 2.05) is 0 Å². The van der Waals surface area contributed by atoms with Gasteiger partial charge in [0.1, 0.15) is 5.75 Å². The first-order valence-corrected chi connectivity index (χ1v) is 9.04. The summed E-state index contributed by atoms with van der Waals surface area (Å²) in [7, 11) is 0. The fourth-order valence-electron chi connectivity index (χ4n) is 3.49. The second-order valence-electron chi connectivity index (χ2n) is 6.72. The third-order valence-electron chi connectivity index (χ3n) is 4.71. The zero-order valence-electron chi connectivity index (χ0n) is 14.5. The number of nitrogens with one attached hydrogen (secondary N) is 1. The highest BCUT2D eigenvalue weighted by Crippen LogP contribution is 2.26. The van der Waals surface area contributed by atoms with Crippen molar-refractivity contribution >= 4 is 5.96 Å². The van der Waals surface area contributed by atoms with Crippen LogP contribution in [0.2, 0.25) is 0 Å². The highest BCUT2D eigenvalue weighted by molar-refractivity contribution is 5.80. The molecule has 1 atom stereocenters. The summed E-state index contributed by atoms with van der Waals surface area (Å²) in [5, 5.41) is 3.46. The third-order valence-corrected chi connectivity index (χ3v) is 4.71. The standard InChI is InChI=1S/C19H29N3O/c1-3-20-19(22-11-4-5-15(2)14-22)21-10-8-16-6-7-18-17(13-16)9-12-23-18/h6-7,13,15H,3-5,8-12,14H2,1-2H3,(H,20,21). The van der Waals surface area contributed by atoms with Crippen LogP contribution in [-0.4, -0.2) is 43.6 Å². The topological polar surface area (TPSA) is 36.9 Å². The molecule has 2 aliphatic rings. The summed E-state index contributed by atoms with van der Waals surface area (Å²) in [6.07, 6.45) is 4.65. The fraction of sp³-hybridized carbons (Fsp3) is 0.632. The second-order valence-corrected chi connectivity index (χ2v) is 6.72. The summed E-state index contributed by atoms with van der Waals surface area (Å²) >= 11 is 0. The van der Waals surface area contributed by atoms with Crippen molar-refractivity contribution < 1.29 is 4.74 Å². The molecule has 4 nitrogen and oxygen atoms in total. The number of hydrogen-bond acceptors (Lipinski definition) is 2. The second kappa shape index (κ2) is 7.71. The molecule has 0 aliphatic carbocycles. The van der Waals surface area contributed by atoms with Gasteiger partial charge in [-0.3, -0.25) is 4.99 Å². The van der Waals surface area contributed by atoms with Gasteiger partial charge in [0.25, 0.3) is 0 Å². The van der Waals surface area contributed by atoms with Crippen molar-refractivity contribution in [2.75, 3.05) is 32.8 Å². The van der Waals surface area contributed by atoms with E-state index in [4.69, 9.17) is 9.73 Å². The lowest BCUT2D eigenvalue weighted by Crippen LogP contribution is -2.46. The number of rotatable bonds is 4. The Morgan fingerprint density at radius 3 is 3.17 bits per heavy atom. The monoisotopic (exact) mass is 315 g/mol. The van der Waals surface area contributed by atoms with Crippen LogP contribution in [0.5, 0.6) is 5.75 Å². The van der Waals surface area contributed by atoms with Gasteiger partial charge in [-0.2, -0.15) is 0 Å². The zero-order valence-corrected chi connectivity index (χ0v) is 14.5. The molecule has 0 bridgehead atoms. The van der Waals surface area contributed by atoms with Gasteiger partial charge in [0.05, 0.1) is 6.61 Å². The molecule has 0 saturated carbocycles. The Morgan fingerprint density at radius 2 is 2.35 bits per heavy atom. The molecule has 2 aliphatic heterocycles. The molecule has 0 amide bonds. The van der Waals surface area contributed by atoms with Crippen molar-refractivity contribution in [2.24, 2.45) is 10.9 Å². The van der Waals surface area contributed by atoms with Crippen LogP contribution in [0.4, 0.5) is 0 Å². The van der Waals surface area contributed by atoms with Crippen LogP contribution in [0.25, 0.3) is 0 Å². The minimum atomic E-state index is 0.768. The van der Waals surface area contributed by atoms with E-state index < -0.39 is 0 Å². The van der Waals surface area contributed by atoms with Gasteiger partial charge in [-0.05, 0) is 49.3 Å². The lowest BCUT2D eigenvalue weighted by atomic mass is 10.0. The molecule has 0 spiro atoms. The van der Waals surface area contributed by atoms with Gasteiger partial charge in [0.2, 0.25) is 0 Å². The first-order chi connectivity index (χ1) is 11.3. The van der Waals surface area contributed by atoms with Crippen molar-refractivity contribution in [3.63, 3.8) is 0 Å². The summed E-state index contributed by atoms with van der Waals surface area (Å²) in [4.78, 5) is 7.29. The molecule has 0 radical (unpaired) electrons. The summed E-state index contributed by atoms with van der Waals surface area (Å²) in [6.45, 7) is 9.33. The number of ether oxygens (including phenoxy) is 1. The lowest BCUT2D eigenvalue weighted by molar-refractivity contribution is 0.266. The first-order valence-electron chi connectivity index (χ1n) is 9.04. The van der Waals surface area contributed by atoms with Crippen LogP contribution < -0.4 is 10.1 Å². The molecule has 1 N–H and O–H groups in total. The Labute approximate surface area is 139 Å². The van der Waals surface area contributed by atoms with E-state index in [1.54, 1.807) is 0 Å². The molecular weight excluding hydrogens is 286 g/mol. The van der Waals surface area contributed by atoms with Crippen molar-refractivity contribution in [2.45, 2.75) is 39.5 Å². The van der Waals surface area contributed by atoms with E-state index in [9.17, 15) is 0 Å². The maximum atomic E-state index is 5.57. The van der Waals surface area contributed by atoms with Gasteiger partial charge in [0, 0.05) is 32.6 Å². The Balaban J connectivity index is 1.59. The molecule has 4 heteroatoms. The van der Waals surface area contributed by atoms with Crippen LogP contribution in [0.3, 0.4) is 0 Å². The fourth-order valence-corrected chi connectivity index (χ4v) is 3.49. The average Bonchev–Trinajstić information content (AvgIpc) is 3.02. The van der Waals surface area contributed by atoms with Crippen molar-refractivity contribution in [3.05, 3.63) is 29.3 Å². The van der Waals surface area contributed by atoms with Crippen LogP contribution in [0, 0.1) is 5.92 Å². The van der Waals surface area contributed by atoms with Gasteiger partial charge in [0.15, 0.2) is 5.96 Å². The highest BCUT2D eigenvalue weighted by Gasteiger charge is 2.19. The molecule has 1 fully saturated rings. The van der Waals surface area contributed by atoms with Crippen molar-refractivity contribution in [1.82, 2.24) is 10.2 Å². The van der Waals surface area contributed by atoms with Gasteiger partial charge in [-0.25, -0.2) is 0 Å². The zero-order chi connectivity index (χ0) is 16.1. The summed E-state index contributed by atoms with van der Waals surface area (Å²) in [6, 6.07) is 6.57. The molecule has 1 aromatic rings. The van der Waals surface area contributed by atoms with Crippen molar-refractivity contribution in [1.29, 1.82) is 0 Å². The van der Waals surface area contributed by atoms with E-state index in [0.717, 1.165) is 63.3 Å². The molecule has 2 heterocycles. The highest BCUT2D eigenvalue weighted by atomic mass is 16.5. The maximum Gasteiger partial charge on any atom is 0.193 e. The van der Waals surface area contributed by atoms with Gasteiger partial charge >= 0.3 is 0 Å². The molecule has 0 aromatic heterocycles. The minimum absolute atomic E-state index is 0.768. The van der Waals surface area contributed by atoms with Crippen LogP contribution >= 0.6 is 0 Å². The molecule has 1 aromatic carbocycles. The maximum absolute atomic E-state index is 5.57. The molecule has 3 rings (SSSR count). The van der Waals surface area contributed by atoms with E-state index in [2.05, 4.69) is 42.3 Å². The predicted octanol–water partition coefficient (Wildman–Crippen LogP) is 2.86. The quantitative estimate of drug-likeness (QED) is 0.686. The van der Waals surface area contributed by atoms with E-state index in [-0.39, 0.29) is 0 Å². The Hall–Kier alpha value is -1.71. The average molecular weight is 315 g/mol. The minimum Gasteiger partial charge on any atom is -0.493 e. The normalized spacial score (nSPS) is 21.0. The van der Waals surface area contributed by atoms with E-state index in [0.29, 0.717) is 0 Å². The SMILES string of the molecule is CCNC(=NCCc1ccc2c(c1)CCO2)N1CCCC(C)C1. The number of fused-ring (bicyclic) bond motifs is 1. The lowest BCUT2D eigenvalue weighted by Gasteiger charge is -2.33. The van der Waals surface area contributed by atoms with Crippen molar-refractivity contribution in [3.8, 4) is 5.75 Å². The van der Waals surface area contributed by atoms with Crippen LogP contribution in [0.15, 0.2) is 23.2 Å². The Morgan fingerprint density at radius 1 is 1.43 bits per heavy atom. The molecule has 1 unspecified atom stereocenters. The van der Waals surface area contributed by atoms with Gasteiger partial charge in [-0.15, -0.1) is 0 Å². The molecular formula is C19H29N3O. The number of likely N-dealkylation sites (tertiary alicyclic amines) is 1.